The average Bonchev–Trinajstić information content (AvgIpc) is 2.59. The van der Waals surface area contributed by atoms with Crippen molar-refractivity contribution in [1.82, 2.24) is 10.2 Å². The van der Waals surface area contributed by atoms with E-state index >= 15 is 0 Å². The molecule has 1 fully saturated rings. The van der Waals surface area contributed by atoms with Crippen LogP contribution in [0.3, 0.4) is 0 Å². The number of carbonyl (C=O) groups is 3. The number of likely N-dealkylation sites (N-methyl/N-ethyl adjacent to an activating group) is 1. The van der Waals surface area contributed by atoms with Gasteiger partial charge in [0.1, 0.15) is 12.1 Å². The Balaban J connectivity index is 1.87. The van der Waals surface area contributed by atoms with Crippen molar-refractivity contribution in [3.63, 3.8) is 0 Å². The van der Waals surface area contributed by atoms with Crippen LogP contribution in [0.25, 0.3) is 0 Å². The zero-order valence-electron chi connectivity index (χ0n) is 16.6. The summed E-state index contributed by atoms with van der Waals surface area (Å²) in [7, 11) is 1.52. The van der Waals surface area contributed by atoms with E-state index in [0.29, 0.717) is 13.0 Å². The first-order valence-corrected chi connectivity index (χ1v) is 9.26. The minimum atomic E-state index is -0.603. The molecule has 1 N–H and O–H groups in total. The van der Waals surface area contributed by atoms with Gasteiger partial charge < -0.3 is 19.9 Å². The van der Waals surface area contributed by atoms with Crippen LogP contribution in [0.4, 0.5) is 10.5 Å². The van der Waals surface area contributed by atoms with Crippen LogP contribution in [0.15, 0.2) is 24.3 Å². The second kappa shape index (κ2) is 8.88. The van der Waals surface area contributed by atoms with Crippen molar-refractivity contribution in [2.75, 3.05) is 25.0 Å². The summed E-state index contributed by atoms with van der Waals surface area (Å²) in [6.45, 7) is 6.31. The molecule has 0 spiro atoms. The minimum Gasteiger partial charge on any atom is -0.444 e. The Hall–Kier alpha value is -2.57. The highest BCUT2D eigenvalue weighted by molar-refractivity contribution is 5.94. The summed E-state index contributed by atoms with van der Waals surface area (Å²) < 4.78 is 5.23. The van der Waals surface area contributed by atoms with E-state index in [9.17, 15) is 14.4 Å². The van der Waals surface area contributed by atoms with Gasteiger partial charge in [0.15, 0.2) is 0 Å². The standard InChI is InChI=1S/C20H29N3O4/c1-20(2,3)27-19(26)22(4)14-17(24)21-13-15-8-7-9-16(12-15)23-11-6-5-10-18(23)25/h7-9,12H,5-6,10-11,13-14H2,1-4H3,(H,21,24). The van der Waals surface area contributed by atoms with Crippen molar-refractivity contribution >= 4 is 23.6 Å². The molecule has 148 valence electrons. The summed E-state index contributed by atoms with van der Waals surface area (Å²) in [5.41, 5.74) is 1.16. The summed E-state index contributed by atoms with van der Waals surface area (Å²) in [6.07, 6.45) is 1.99. The van der Waals surface area contributed by atoms with Crippen LogP contribution in [0.5, 0.6) is 0 Å². The number of rotatable bonds is 5. The Bertz CT molecular complexity index is 697. The molecule has 1 aromatic rings. The Labute approximate surface area is 160 Å². The van der Waals surface area contributed by atoms with Crippen molar-refractivity contribution < 1.29 is 19.1 Å². The van der Waals surface area contributed by atoms with Crippen molar-refractivity contribution in [3.05, 3.63) is 29.8 Å². The number of benzene rings is 1. The number of nitrogens with one attached hydrogen (secondary N) is 1. The van der Waals surface area contributed by atoms with Crippen LogP contribution in [0.1, 0.15) is 45.6 Å². The Kier molecular flexibility index (Phi) is 6.82. The topological polar surface area (TPSA) is 79.0 Å². The van der Waals surface area contributed by atoms with E-state index in [1.807, 2.05) is 24.3 Å². The molecule has 0 unspecified atom stereocenters. The summed E-state index contributed by atoms with van der Waals surface area (Å²) in [5.74, 6) is -0.135. The number of hydrogen-bond acceptors (Lipinski definition) is 4. The number of ether oxygens (including phenoxy) is 1. The molecule has 1 aromatic carbocycles. The van der Waals surface area contributed by atoms with Gasteiger partial charge in [-0.05, 0) is 51.3 Å². The summed E-state index contributed by atoms with van der Waals surface area (Å²) >= 11 is 0. The van der Waals surface area contributed by atoms with Gasteiger partial charge in [0.25, 0.3) is 0 Å². The molecular weight excluding hydrogens is 346 g/mol. The fourth-order valence-electron chi connectivity index (χ4n) is 2.79. The van der Waals surface area contributed by atoms with Gasteiger partial charge in [-0.1, -0.05) is 12.1 Å². The van der Waals surface area contributed by atoms with Crippen molar-refractivity contribution in [1.29, 1.82) is 0 Å². The maximum atomic E-state index is 12.1. The fourth-order valence-corrected chi connectivity index (χ4v) is 2.79. The van der Waals surface area contributed by atoms with Crippen LogP contribution < -0.4 is 10.2 Å². The van der Waals surface area contributed by atoms with E-state index in [4.69, 9.17) is 4.74 Å². The monoisotopic (exact) mass is 375 g/mol. The molecule has 3 amide bonds. The second-order valence-corrected chi connectivity index (χ2v) is 7.79. The number of carbonyl (C=O) groups excluding carboxylic acids is 3. The largest absolute Gasteiger partial charge is 0.444 e. The molecular formula is C20H29N3O4. The van der Waals surface area contributed by atoms with Gasteiger partial charge in [-0.2, -0.15) is 0 Å². The molecule has 1 aliphatic rings. The van der Waals surface area contributed by atoms with Gasteiger partial charge in [-0.25, -0.2) is 4.79 Å². The maximum Gasteiger partial charge on any atom is 0.410 e. The Morgan fingerprint density at radius 3 is 2.67 bits per heavy atom. The lowest BCUT2D eigenvalue weighted by molar-refractivity contribution is -0.122. The van der Waals surface area contributed by atoms with Gasteiger partial charge in [0, 0.05) is 32.2 Å². The molecule has 0 saturated carbocycles. The third-order valence-electron chi connectivity index (χ3n) is 4.12. The van der Waals surface area contributed by atoms with Gasteiger partial charge in [-0.15, -0.1) is 0 Å². The quantitative estimate of drug-likeness (QED) is 0.858. The van der Waals surface area contributed by atoms with E-state index in [-0.39, 0.29) is 18.4 Å². The van der Waals surface area contributed by atoms with Gasteiger partial charge >= 0.3 is 6.09 Å². The van der Waals surface area contributed by atoms with E-state index in [1.165, 1.54) is 11.9 Å². The van der Waals surface area contributed by atoms with Crippen LogP contribution in [0.2, 0.25) is 0 Å². The normalized spacial score (nSPS) is 14.7. The third kappa shape index (κ3) is 6.58. The zero-order valence-corrected chi connectivity index (χ0v) is 16.6. The number of amides is 3. The third-order valence-corrected chi connectivity index (χ3v) is 4.12. The van der Waals surface area contributed by atoms with Crippen molar-refractivity contribution in [3.8, 4) is 0 Å². The predicted molar refractivity (Wildman–Crippen MR) is 103 cm³/mol. The first-order chi connectivity index (χ1) is 12.7. The highest BCUT2D eigenvalue weighted by Crippen LogP contribution is 2.21. The van der Waals surface area contributed by atoms with Gasteiger partial charge in [0.2, 0.25) is 11.8 Å². The summed E-state index contributed by atoms with van der Waals surface area (Å²) in [5, 5.41) is 2.80. The first-order valence-electron chi connectivity index (χ1n) is 9.26. The molecule has 1 aliphatic heterocycles. The predicted octanol–water partition coefficient (Wildman–Crippen LogP) is 2.69. The van der Waals surface area contributed by atoms with Crippen LogP contribution >= 0.6 is 0 Å². The van der Waals surface area contributed by atoms with Crippen LogP contribution in [-0.4, -0.2) is 48.5 Å². The molecule has 0 radical (unpaired) electrons. The van der Waals surface area contributed by atoms with Crippen LogP contribution in [0, 0.1) is 0 Å². The second-order valence-electron chi connectivity index (χ2n) is 7.79. The zero-order chi connectivity index (χ0) is 20.0. The average molecular weight is 375 g/mol. The number of piperidine rings is 1. The summed E-state index contributed by atoms with van der Waals surface area (Å²) in [4.78, 5) is 39.1. The SMILES string of the molecule is CN(CC(=O)NCc1cccc(N2CCCCC2=O)c1)C(=O)OC(C)(C)C. The molecule has 2 rings (SSSR count). The fraction of sp³-hybridized carbons (Fsp3) is 0.550. The molecule has 0 aliphatic carbocycles. The highest BCUT2D eigenvalue weighted by atomic mass is 16.6. The van der Waals surface area contributed by atoms with E-state index in [1.54, 1.807) is 25.7 Å². The smallest absolute Gasteiger partial charge is 0.410 e. The molecule has 7 nitrogen and oxygen atoms in total. The Morgan fingerprint density at radius 1 is 1.26 bits per heavy atom. The molecule has 1 saturated heterocycles. The van der Waals surface area contributed by atoms with E-state index in [0.717, 1.165) is 30.6 Å². The van der Waals surface area contributed by atoms with Gasteiger partial charge in [0.05, 0.1) is 0 Å². The van der Waals surface area contributed by atoms with Crippen molar-refractivity contribution in [2.24, 2.45) is 0 Å². The van der Waals surface area contributed by atoms with E-state index in [2.05, 4.69) is 5.32 Å². The minimum absolute atomic E-state index is 0.0841. The van der Waals surface area contributed by atoms with E-state index < -0.39 is 11.7 Å². The lowest BCUT2D eigenvalue weighted by atomic mass is 10.1. The lowest BCUT2D eigenvalue weighted by Gasteiger charge is -2.27. The molecule has 1 heterocycles. The first kappa shape index (κ1) is 20.7. The maximum absolute atomic E-state index is 12.1. The van der Waals surface area contributed by atoms with Gasteiger partial charge in [-0.3, -0.25) is 9.59 Å². The molecule has 0 bridgehead atoms. The molecule has 27 heavy (non-hydrogen) atoms. The molecule has 0 atom stereocenters. The van der Waals surface area contributed by atoms with Crippen LogP contribution in [-0.2, 0) is 20.9 Å². The lowest BCUT2D eigenvalue weighted by Crippen LogP contribution is -2.40. The Morgan fingerprint density at radius 2 is 2.00 bits per heavy atom. The number of anilines is 1. The molecule has 7 heteroatoms. The summed E-state index contributed by atoms with van der Waals surface area (Å²) in [6, 6.07) is 7.60. The molecule has 0 aromatic heterocycles. The number of hydrogen-bond donors (Lipinski definition) is 1. The number of nitrogens with zero attached hydrogens (tertiary/aromatic N) is 2. The highest BCUT2D eigenvalue weighted by Gasteiger charge is 2.21. The van der Waals surface area contributed by atoms with Crippen molar-refractivity contribution in [2.45, 2.75) is 52.2 Å².